The van der Waals surface area contributed by atoms with Crippen molar-refractivity contribution < 1.29 is 22.7 Å². The fourth-order valence-corrected chi connectivity index (χ4v) is 5.66. The highest BCUT2D eigenvalue weighted by Gasteiger charge is 2.22. The van der Waals surface area contributed by atoms with Gasteiger partial charge in [0.05, 0.1) is 22.5 Å². The van der Waals surface area contributed by atoms with E-state index >= 15 is 0 Å². The second-order valence-electron chi connectivity index (χ2n) is 10.5. The molecule has 1 heterocycles. The number of para-hydroxylation sites is 2. The normalized spacial score (nSPS) is 12.6. The molecule has 0 fully saturated rings. The summed E-state index contributed by atoms with van der Waals surface area (Å²) in [4.78, 5) is 30.4. The van der Waals surface area contributed by atoms with E-state index in [-0.39, 0.29) is 17.3 Å². The third-order valence-electron chi connectivity index (χ3n) is 7.06. The van der Waals surface area contributed by atoms with E-state index in [0.717, 1.165) is 27.7 Å². The molecule has 5 rings (SSSR count). The van der Waals surface area contributed by atoms with Crippen molar-refractivity contribution in [3.8, 4) is 0 Å². The first kappa shape index (κ1) is 31.3. The lowest BCUT2D eigenvalue weighted by molar-refractivity contribution is -0.129. The first-order valence-corrected chi connectivity index (χ1v) is 16.0. The minimum absolute atomic E-state index is 0.0140. The molecule has 0 unspecified atom stereocenters. The van der Waals surface area contributed by atoms with Crippen molar-refractivity contribution in [1.29, 1.82) is 0 Å². The van der Waals surface area contributed by atoms with E-state index in [2.05, 4.69) is 9.71 Å². The number of nitrogens with zero attached hydrogens (tertiary/aromatic N) is 2. The van der Waals surface area contributed by atoms with Crippen molar-refractivity contribution >= 4 is 51.1 Å². The fraction of sp³-hybridized carbons (Fsp3) is 0.139. The van der Waals surface area contributed by atoms with Crippen molar-refractivity contribution in [3.63, 3.8) is 0 Å². The van der Waals surface area contributed by atoms with Gasteiger partial charge in [-0.05, 0) is 67.8 Å². The predicted octanol–water partition coefficient (Wildman–Crippen LogP) is 6.52. The molecule has 0 bridgehead atoms. The number of nitrogens with one attached hydrogen (secondary N) is 1. The molecule has 228 valence electrons. The maximum atomic E-state index is 13.4. The van der Waals surface area contributed by atoms with Gasteiger partial charge in [0.15, 0.2) is 5.82 Å². The van der Waals surface area contributed by atoms with Gasteiger partial charge in [0, 0.05) is 11.8 Å². The van der Waals surface area contributed by atoms with Gasteiger partial charge in [0.1, 0.15) is 6.10 Å². The summed E-state index contributed by atoms with van der Waals surface area (Å²) in [5.74, 6) is -0.538. The molecule has 0 aliphatic rings. The Morgan fingerprint density at radius 3 is 2.33 bits per heavy atom. The van der Waals surface area contributed by atoms with Gasteiger partial charge in [-0.25, -0.2) is 18.1 Å². The molecule has 1 N–H and O–H groups in total. The van der Waals surface area contributed by atoms with Gasteiger partial charge < -0.3 is 4.74 Å². The van der Waals surface area contributed by atoms with E-state index in [9.17, 15) is 18.0 Å². The zero-order valence-electron chi connectivity index (χ0n) is 25.0. The molecular formula is C36H33N3O5S. The summed E-state index contributed by atoms with van der Waals surface area (Å²) in [5.41, 5.74) is 5.12. The van der Waals surface area contributed by atoms with E-state index < -0.39 is 22.0 Å². The highest BCUT2D eigenvalue weighted by molar-refractivity contribution is 7.90. The first-order valence-electron chi connectivity index (χ1n) is 14.5. The monoisotopic (exact) mass is 619 g/mol. The number of amides is 1. The van der Waals surface area contributed by atoms with Crippen LogP contribution in [0.2, 0.25) is 0 Å². The Morgan fingerprint density at radius 2 is 1.58 bits per heavy atom. The van der Waals surface area contributed by atoms with Gasteiger partial charge >= 0.3 is 0 Å². The number of benzene rings is 4. The lowest BCUT2D eigenvalue weighted by Crippen LogP contribution is -2.38. The van der Waals surface area contributed by atoms with Crippen LogP contribution in [0.4, 0.5) is 0 Å². The minimum atomic E-state index is -3.95. The van der Waals surface area contributed by atoms with Crippen LogP contribution >= 0.6 is 0 Å². The highest BCUT2D eigenvalue weighted by Crippen LogP contribution is 2.21. The molecule has 0 spiro atoms. The maximum absolute atomic E-state index is 13.4. The third-order valence-corrected chi connectivity index (χ3v) is 8.42. The summed E-state index contributed by atoms with van der Waals surface area (Å²) in [6.07, 6.45) is 7.25. The molecule has 9 heteroatoms. The number of carbonyl (C=O) groups excluding carboxylic acids is 2. The van der Waals surface area contributed by atoms with Gasteiger partial charge in [0.25, 0.3) is 15.9 Å². The Kier molecular flexibility index (Phi) is 9.82. The molecule has 0 aliphatic heterocycles. The van der Waals surface area contributed by atoms with Crippen molar-refractivity contribution in [2.45, 2.75) is 31.3 Å². The zero-order valence-corrected chi connectivity index (χ0v) is 25.8. The quantitative estimate of drug-likeness (QED) is 0.126. The topological polar surface area (TPSA) is 107 Å². The number of carbonyl (C=O) groups is 2. The van der Waals surface area contributed by atoms with Crippen LogP contribution in [0.5, 0.6) is 0 Å². The largest absolute Gasteiger partial charge is 0.368 e. The van der Waals surface area contributed by atoms with Crippen LogP contribution in [-0.4, -0.2) is 42.4 Å². The average molecular weight is 620 g/mol. The smallest absolute Gasteiger partial charge is 0.264 e. The SMILES string of the molecule is Cc1ccc(C(=O)c2nc3ccccc3n2/C=C/c2cccc(/C=C\CCO[C@@H](C)C(=O)NS(=O)(=O)c3ccccc3)c2)cc1. The number of aromatic nitrogens is 2. The van der Waals surface area contributed by atoms with Crippen LogP contribution < -0.4 is 4.72 Å². The summed E-state index contributed by atoms with van der Waals surface area (Å²) < 4.78 is 34.2. The van der Waals surface area contributed by atoms with Crippen LogP contribution in [-0.2, 0) is 19.6 Å². The molecule has 0 radical (unpaired) electrons. The van der Waals surface area contributed by atoms with Gasteiger partial charge in [-0.15, -0.1) is 0 Å². The molecule has 0 aliphatic carbocycles. The van der Waals surface area contributed by atoms with Crippen LogP contribution in [0.1, 0.15) is 46.2 Å². The summed E-state index contributed by atoms with van der Waals surface area (Å²) in [6.45, 7) is 3.73. The number of ketones is 1. The standard InChI is InChI=1S/C36H33N3O5S/c1-26-18-20-30(21-19-26)34(40)35-37-32-16-6-7-17-33(32)39(35)23-22-29-13-10-12-28(25-29)11-8-9-24-44-27(2)36(41)38-45(42,43)31-14-4-3-5-15-31/h3-8,10-23,25,27H,9,24H2,1-2H3,(H,38,41)/b11-8-,23-22+/t27-/m0/s1. The maximum Gasteiger partial charge on any atom is 0.264 e. The van der Waals surface area contributed by atoms with Crippen molar-refractivity contribution in [1.82, 2.24) is 14.3 Å². The lowest BCUT2D eigenvalue weighted by Gasteiger charge is -2.13. The minimum Gasteiger partial charge on any atom is -0.368 e. The van der Waals surface area contributed by atoms with Gasteiger partial charge in [-0.3, -0.25) is 14.2 Å². The molecule has 5 aromatic rings. The molecule has 1 aromatic heterocycles. The lowest BCUT2D eigenvalue weighted by atomic mass is 10.1. The summed E-state index contributed by atoms with van der Waals surface area (Å²) >= 11 is 0. The molecule has 0 saturated heterocycles. The Hall–Kier alpha value is -5.12. The number of hydrogen-bond acceptors (Lipinski definition) is 6. The second kappa shape index (κ2) is 14.1. The molecule has 4 aromatic carbocycles. The predicted molar refractivity (Wildman–Crippen MR) is 177 cm³/mol. The van der Waals surface area contributed by atoms with Gasteiger partial charge in [-0.1, -0.05) is 90.5 Å². The number of aryl methyl sites for hydroxylation is 1. The number of hydrogen-bond donors (Lipinski definition) is 1. The van der Waals surface area contributed by atoms with E-state index in [0.29, 0.717) is 17.8 Å². The summed E-state index contributed by atoms with van der Waals surface area (Å²) in [6, 6.07) is 30.7. The van der Waals surface area contributed by atoms with Crippen molar-refractivity contribution in [2.75, 3.05) is 6.61 Å². The van der Waals surface area contributed by atoms with Gasteiger partial charge in [-0.2, -0.15) is 0 Å². The van der Waals surface area contributed by atoms with Crippen molar-refractivity contribution in [2.24, 2.45) is 0 Å². The van der Waals surface area contributed by atoms with E-state index in [1.54, 1.807) is 18.2 Å². The zero-order chi connectivity index (χ0) is 31.8. The van der Waals surface area contributed by atoms with Crippen LogP contribution in [0.3, 0.4) is 0 Å². The molecule has 8 nitrogen and oxygen atoms in total. The summed E-state index contributed by atoms with van der Waals surface area (Å²) in [7, 11) is -3.95. The number of ether oxygens (including phenoxy) is 1. The number of fused-ring (bicyclic) bond motifs is 1. The number of sulfonamides is 1. The molecule has 0 saturated carbocycles. The molecule has 45 heavy (non-hydrogen) atoms. The fourth-order valence-electron chi connectivity index (χ4n) is 4.60. The number of imidazole rings is 1. The Balaban J connectivity index is 1.21. The van der Waals surface area contributed by atoms with Gasteiger partial charge in [0.2, 0.25) is 5.78 Å². The Labute approximate surface area is 262 Å². The average Bonchev–Trinajstić information content (AvgIpc) is 3.42. The molecule has 1 amide bonds. The first-order chi connectivity index (χ1) is 21.7. The second-order valence-corrected chi connectivity index (χ2v) is 12.1. The Morgan fingerprint density at radius 1 is 0.889 bits per heavy atom. The van der Waals surface area contributed by atoms with E-state index in [1.165, 1.54) is 19.1 Å². The van der Waals surface area contributed by atoms with E-state index in [1.807, 2.05) is 109 Å². The van der Waals surface area contributed by atoms with Crippen LogP contribution in [0, 0.1) is 6.92 Å². The van der Waals surface area contributed by atoms with Crippen LogP contribution in [0.25, 0.3) is 29.4 Å². The Bertz CT molecular complexity index is 1980. The number of rotatable bonds is 12. The molecule has 1 atom stereocenters. The third kappa shape index (κ3) is 7.89. The molecular weight excluding hydrogens is 586 g/mol. The highest BCUT2D eigenvalue weighted by atomic mass is 32.2. The van der Waals surface area contributed by atoms with Crippen LogP contribution in [0.15, 0.2) is 114 Å². The summed E-state index contributed by atoms with van der Waals surface area (Å²) in [5, 5.41) is 0. The van der Waals surface area contributed by atoms with E-state index in [4.69, 9.17) is 4.74 Å². The van der Waals surface area contributed by atoms with Crippen molar-refractivity contribution in [3.05, 3.63) is 137 Å².